The third-order valence-electron chi connectivity index (χ3n) is 7.61. The minimum Gasteiger partial charge on any atom is -0.423 e. The van der Waals surface area contributed by atoms with Crippen molar-refractivity contribution in [3.63, 3.8) is 0 Å². The normalized spacial score (nSPS) is 11.1. The summed E-state index contributed by atoms with van der Waals surface area (Å²) in [6.07, 6.45) is 25.7. The second kappa shape index (κ2) is 19.1. The van der Waals surface area contributed by atoms with Gasteiger partial charge in [0.05, 0.1) is 23.1 Å². The maximum atomic E-state index is 12.6. The van der Waals surface area contributed by atoms with Crippen molar-refractivity contribution < 1.29 is 9.53 Å². The van der Waals surface area contributed by atoms with Crippen molar-refractivity contribution in [2.75, 3.05) is 0 Å². The molecule has 1 heterocycles. The number of hydrogen-bond acceptors (Lipinski definition) is 4. The smallest absolute Gasteiger partial charge is 0.343 e. The lowest BCUT2D eigenvalue weighted by Gasteiger charge is -2.07. The van der Waals surface area contributed by atoms with Gasteiger partial charge in [-0.25, -0.2) is 4.79 Å². The number of rotatable bonds is 20. The van der Waals surface area contributed by atoms with E-state index in [0.29, 0.717) is 11.3 Å². The van der Waals surface area contributed by atoms with Crippen LogP contribution in [0.25, 0.3) is 11.3 Å². The van der Waals surface area contributed by atoms with Crippen molar-refractivity contribution in [3.8, 4) is 17.0 Å². The topological polar surface area (TPSA) is 52.1 Å². The van der Waals surface area contributed by atoms with Crippen LogP contribution in [0.15, 0.2) is 60.9 Å². The molecule has 0 radical (unpaired) electrons. The highest BCUT2D eigenvalue weighted by molar-refractivity contribution is 5.91. The van der Waals surface area contributed by atoms with Crippen LogP contribution >= 0.6 is 0 Å². The van der Waals surface area contributed by atoms with Crippen molar-refractivity contribution in [2.24, 2.45) is 0 Å². The van der Waals surface area contributed by atoms with Gasteiger partial charge in [-0.3, -0.25) is 9.97 Å². The molecule has 0 saturated heterocycles. The molecule has 0 amide bonds. The number of esters is 1. The van der Waals surface area contributed by atoms with Crippen LogP contribution in [0.2, 0.25) is 0 Å². The summed E-state index contributed by atoms with van der Waals surface area (Å²) in [7, 11) is 0. The summed E-state index contributed by atoms with van der Waals surface area (Å²) in [5.74, 6) is 0.187. The van der Waals surface area contributed by atoms with E-state index in [0.717, 1.165) is 29.8 Å². The molecule has 0 spiro atoms. The van der Waals surface area contributed by atoms with Crippen LogP contribution in [0.1, 0.15) is 132 Å². The van der Waals surface area contributed by atoms with Crippen LogP contribution in [-0.4, -0.2) is 15.9 Å². The Morgan fingerprint density at radius 1 is 0.600 bits per heavy atom. The zero-order valence-corrected chi connectivity index (χ0v) is 25.0. The quantitative estimate of drug-likeness (QED) is 0.0809. The van der Waals surface area contributed by atoms with Gasteiger partial charge < -0.3 is 4.74 Å². The van der Waals surface area contributed by atoms with E-state index in [-0.39, 0.29) is 5.97 Å². The lowest BCUT2D eigenvalue weighted by Crippen LogP contribution is -2.08. The number of ether oxygens (including phenoxy) is 1. The Kier molecular flexibility index (Phi) is 15.1. The number of aromatic nitrogens is 2. The number of carbonyl (C=O) groups is 1. The Morgan fingerprint density at radius 2 is 1.15 bits per heavy atom. The first-order valence-electron chi connectivity index (χ1n) is 15.9. The van der Waals surface area contributed by atoms with Gasteiger partial charge in [-0.15, -0.1) is 0 Å². The minimum atomic E-state index is -0.338. The Hall–Kier alpha value is -3.01. The molecule has 0 unspecified atom stereocenters. The first-order chi connectivity index (χ1) is 19.7. The molecule has 216 valence electrons. The van der Waals surface area contributed by atoms with Crippen LogP contribution in [0, 0.1) is 0 Å². The summed E-state index contributed by atoms with van der Waals surface area (Å²) < 4.78 is 5.58. The average Bonchev–Trinajstić information content (AvgIpc) is 2.99. The number of carbonyl (C=O) groups excluding carboxylic acids is 1. The van der Waals surface area contributed by atoms with E-state index < -0.39 is 0 Å². The van der Waals surface area contributed by atoms with E-state index in [1.165, 1.54) is 102 Å². The second-order valence-corrected chi connectivity index (χ2v) is 11.1. The standard InChI is InChI=1S/C36H50N2O2/c1-3-5-7-8-9-10-11-12-13-14-15-17-19-33-28-38-35(29-37-33)31-24-26-34(27-25-31)40-36(39)32-22-20-30(21-23-32)18-16-6-4-2/h20-29H,3-19H2,1-2H3. The molecule has 4 heteroatoms. The summed E-state index contributed by atoms with van der Waals surface area (Å²) >= 11 is 0. The molecule has 1 aromatic heterocycles. The second-order valence-electron chi connectivity index (χ2n) is 11.1. The highest BCUT2D eigenvalue weighted by Gasteiger charge is 2.09. The molecular formula is C36H50N2O2. The first kappa shape index (κ1) is 31.5. The fourth-order valence-electron chi connectivity index (χ4n) is 5.03. The molecule has 0 atom stereocenters. The van der Waals surface area contributed by atoms with Crippen LogP contribution < -0.4 is 4.74 Å². The molecule has 0 N–H and O–H groups in total. The number of benzene rings is 2. The summed E-state index contributed by atoms with van der Waals surface area (Å²) in [6, 6.07) is 15.2. The number of unbranched alkanes of at least 4 members (excludes halogenated alkanes) is 13. The van der Waals surface area contributed by atoms with E-state index in [9.17, 15) is 4.79 Å². The molecule has 0 aliphatic rings. The van der Waals surface area contributed by atoms with Crippen LogP contribution in [0.4, 0.5) is 0 Å². The van der Waals surface area contributed by atoms with E-state index >= 15 is 0 Å². The third kappa shape index (κ3) is 12.0. The highest BCUT2D eigenvalue weighted by atomic mass is 16.5. The monoisotopic (exact) mass is 542 g/mol. The summed E-state index contributed by atoms with van der Waals surface area (Å²) in [5, 5.41) is 0. The van der Waals surface area contributed by atoms with Gasteiger partial charge in [0.15, 0.2) is 0 Å². The fraction of sp³-hybridized carbons (Fsp3) is 0.528. The maximum absolute atomic E-state index is 12.6. The largest absolute Gasteiger partial charge is 0.423 e. The van der Waals surface area contributed by atoms with Crippen molar-refractivity contribution in [1.82, 2.24) is 9.97 Å². The van der Waals surface area contributed by atoms with Crippen molar-refractivity contribution in [1.29, 1.82) is 0 Å². The van der Waals surface area contributed by atoms with Crippen molar-refractivity contribution >= 4 is 5.97 Å². The molecule has 2 aromatic carbocycles. The predicted octanol–water partition coefficient (Wildman–Crippen LogP) is 10.3. The molecule has 0 bridgehead atoms. The summed E-state index contributed by atoms with van der Waals surface area (Å²) in [5.41, 5.74) is 4.67. The molecule has 0 aliphatic heterocycles. The van der Waals surface area contributed by atoms with Gasteiger partial charge in [0.25, 0.3) is 0 Å². The van der Waals surface area contributed by atoms with Gasteiger partial charge in [-0.1, -0.05) is 109 Å². The lowest BCUT2D eigenvalue weighted by atomic mass is 10.0. The zero-order valence-electron chi connectivity index (χ0n) is 25.0. The predicted molar refractivity (Wildman–Crippen MR) is 167 cm³/mol. The van der Waals surface area contributed by atoms with Crippen molar-refractivity contribution in [3.05, 3.63) is 77.7 Å². The minimum absolute atomic E-state index is 0.338. The fourth-order valence-corrected chi connectivity index (χ4v) is 5.03. The molecule has 0 fully saturated rings. The zero-order chi connectivity index (χ0) is 28.3. The van der Waals surface area contributed by atoms with Gasteiger partial charge >= 0.3 is 5.97 Å². The molecular weight excluding hydrogens is 492 g/mol. The number of hydrogen-bond donors (Lipinski definition) is 0. The average molecular weight is 543 g/mol. The highest BCUT2D eigenvalue weighted by Crippen LogP contribution is 2.22. The van der Waals surface area contributed by atoms with Gasteiger partial charge in [-0.05, 0) is 67.6 Å². The Labute approximate surface area is 243 Å². The van der Waals surface area contributed by atoms with Gasteiger partial charge in [-0.2, -0.15) is 0 Å². The van der Waals surface area contributed by atoms with Gasteiger partial charge in [0.2, 0.25) is 0 Å². The van der Waals surface area contributed by atoms with Crippen LogP contribution in [0.3, 0.4) is 0 Å². The van der Waals surface area contributed by atoms with E-state index in [1.54, 1.807) is 0 Å². The Morgan fingerprint density at radius 3 is 1.73 bits per heavy atom. The Balaban J connectivity index is 1.33. The van der Waals surface area contributed by atoms with Crippen LogP contribution in [-0.2, 0) is 12.8 Å². The SMILES string of the molecule is CCCCCCCCCCCCCCc1cnc(-c2ccc(OC(=O)c3ccc(CCCCC)cc3)cc2)cn1. The first-order valence-corrected chi connectivity index (χ1v) is 15.9. The summed E-state index contributed by atoms with van der Waals surface area (Å²) in [4.78, 5) is 21.8. The number of nitrogens with zero attached hydrogens (tertiary/aromatic N) is 2. The molecule has 0 saturated carbocycles. The molecule has 0 aliphatic carbocycles. The molecule has 4 nitrogen and oxygen atoms in total. The van der Waals surface area contributed by atoms with E-state index in [2.05, 4.69) is 23.8 Å². The molecule has 3 aromatic rings. The maximum Gasteiger partial charge on any atom is 0.343 e. The van der Waals surface area contributed by atoms with Gasteiger partial charge in [0.1, 0.15) is 5.75 Å². The van der Waals surface area contributed by atoms with E-state index in [1.807, 2.05) is 60.9 Å². The number of aryl methyl sites for hydroxylation is 2. The summed E-state index contributed by atoms with van der Waals surface area (Å²) in [6.45, 7) is 4.48. The van der Waals surface area contributed by atoms with Gasteiger partial charge in [0, 0.05) is 11.8 Å². The Bertz CT molecular complexity index is 1080. The van der Waals surface area contributed by atoms with E-state index in [4.69, 9.17) is 4.74 Å². The molecule has 40 heavy (non-hydrogen) atoms. The molecule has 3 rings (SSSR count). The third-order valence-corrected chi connectivity index (χ3v) is 7.61. The van der Waals surface area contributed by atoms with Crippen molar-refractivity contribution in [2.45, 2.75) is 123 Å². The van der Waals surface area contributed by atoms with Crippen LogP contribution in [0.5, 0.6) is 5.75 Å². The lowest BCUT2D eigenvalue weighted by molar-refractivity contribution is 0.0734.